The second kappa shape index (κ2) is 5.48. The van der Waals surface area contributed by atoms with Crippen molar-refractivity contribution in [3.8, 4) is 0 Å². The first-order valence-corrected chi connectivity index (χ1v) is 4.87. The zero-order valence-electron chi connectivity index (χ0n) is 8.52. The lowest BCUT2D eigenvalue weighted by Crippen LogP contribution is -2.26. The van der Waals surface area contributed by atoms with Crippen molar-refractivity contribution in [2.24, 2.45) is 11.5 Å². The van der Waals surface area contributed by atoms with Gasteiger partial charge < -0.3 is 16.6 Å². The molecule has 1 unspecified atom stereocenters. The largest absolute Gasteiger partial charge is 0.481 e. The molecule has 0 aliphatic carbocycles. The highest BCUT2D eigenvalue weighted by molar-refractivity contribution is 5.67. The van der Waals surface area contributed by atoms with Crippen LogP contribution in [0.5, 0.6) is 0 Å². The highest BCUT2D eigenvalue weighted by Gasteiger charge is 2.08. The summed E-state index contributed by atoms with van der Waals surface area (Å²) >= 11 is 0. The Morgan fingerprint density at radius 1 is 1.27 bits per heavy atom. The van der Waals surface area contributed by atoms with Crippen LogP contribution in [-0.2, 0) is 17.8 Å². The number of hydrogen-bond acceptors (Lipinski definition) is 3. The summed E-state index contributed by atoms with van der Waals surface area (Å²) < 4.78 is 0. The van der Waals surface area contributed by atoms with E-state index in [4.69, 9.17) is 16.6 Å². The van der Waals surface area contributed by atoms with Crippen molar-refractivity contribution in [2.45, 2.75) is 25.4 Å². The molecule has 1 rings (SSSR count). The van der Waals surface area contributed by atoms with Crippen LogP contribution in [0.2, 0.25) is 0 Å². The molecule has 0 aromatic heterocycles. The number of hydrogen-bond donors (Lipinski definition) is 3. The van der Waals surface area contributed by atoms with Crippen LogP contribution >= 0.6 is 0 Å². The second-order valence-electron chi connectivity index (χ2n) is 3.58. The molecule has 0 amide bonds. The maximum Gasteiger partial charge on any atom is 0.304 e. The monoisotopic (exact) mass is 208 g/mol. The molecule has 0 fully saturated rings. The normalized spacial score (nSPS) is 12.4. The van der Waals surface area contributed by atoms with E-state index in [2.05, 4.69) is 0 Å². The number of benzene rings is 1. The SMILES string of the molecule is NCc1ccc(CC(N)CC(=O)O)cc1. The van der Waals surface area contributed by atoms with Gasteiger partial charge in [-0.05, 0) is 17.5 Å². The average Bonchev–Trinajstić information content (AvgIpc) is 2.17. The molecule has 0 radical (unpaired) electrons. The van der Waals surface area contributed by atoms with Gasteiger partial charge >= 0.3 is 5.97 Å². The minimum Gasteiger partial charge on any atom is -0.481 e. The van der Waals surface area contributed by atoms with E-state index in [1.807, 2.05) is 24.3 Å². The van der Waals surface area contributed by atoms with Gasteiger partial charge in [-0.3, -0.25) is 4.79 Å². The molecule has 82 valence electrons. The molecule has 1 aromatic rings. The highest BCUT2D eigenvalue weighted by atomic mass is 16.4. The number of carbonyl (C=O) groups is 1. The lowest BCUT2D eigenvalue weighted by Gasteiger charge is -2.09. The zero-order chi connectivity index (χ0) is 11.3. The fraction of sp³-hybridized carbons (Fsp3) is 0.364. The standard InChI is InChI=1S/C11H16N2O2/c12-7-9-3-1-8(2-4-9)5-10(13)6-11(14)15/h1-4,10H,5-7,12-13H2,(H,14,15). The number of rotatable bonds is 5. The first kappa shape index (κ1) is 11.7. The van der Waals surface area contributed by atoms with Gasteiger partial charge in [0.1, 0.15) is 0 Å². The summed E-state index contributed by atoms with van der Waals surface area (Å²) in [6.45, 7) is 0.515. The summed E-state index contributed by atoms with van der Waals surface area (Å²) in [4.78, 5) is 10.4. The van der Waals surface area contributed by atoms with E-state index < -0.39 is 5.97 Å². The molecule has 1 atom stereocenters. The van der Waals surface area contributed by atoms with Gasteiger partial charge in [-0.2, -0.15) is 0 Å². The van der Waals surface area contributed by atoms with E-state index in [9.17, 15) is 4.79 Å². The van der Waals surface area contributed by atoms with Gasteiger partial charge in [0, 0.05) is 12.6 Å². The van der Waals surface area contributed by atoms with E-state index in [1.165, 1.54) is 0 Å². The Labute approximate surface area is 88.9 Å². The van der Waals surface area contributed by atoms with Crippen LogP contribution < -0.4 is 11.5 Å². The highest BCUT2D eigenvalue weighted by Crippen LogP contribution is 2.07. The number of carboxylic acid groups (broad SMARTS) is 1. The smallest absolute Gasteiger partial charge is 0.304 e. The summed E-state index contributed by atoms with van der Waals surface area (Å²) in [6.07, 6.45) is 0.579. The Morgan fingerprint density at radius 2 is 1.80 bits per heavy atom. The maximum atomic E-state index is 10.4. The minimum atomic E-state index is -0.860. The van der Waals surface area contributed by atoms with Crippen molar-refractivity contribution >= 4 is 5.97 Å². The fourth-order valence-corrected chi connectivity index (χ4v) is 1.41. The zero-order valence-corrected chi connectivity index (χ0v) is 8.52. The summed E-state index contributed by atoms with van der Waals surface area (Å²) in [5.41, 5.74) is 13.2. The van der Waals surface area contributed by atoms with Crippen LogP contribution in [0.4, 0.5) is 0 Å². The molecule has 0 aliphatic rings. The Bertz CT molecular complexity index is 322. The molecule has 0 bridgehead atoms. The van der Waals surface area contributed by atoms with Gasteiger partial charge in [0.15, 0.2) is 0 Å². The molecule has 1 aromatic carbocycles. The third-order valence-corrected chi connectivity index (χ3v) is 2.19. The van der Waals surface area contributed by atoms with Crippen molar-refractivity contribution in [2.75, 3.05) is 0 Å². The molecule has 0 heterocycles. The van der Waals surface area contributed by atoms with Crippen molar-refractivity contribution in [3.63, 3.8) is 0 Å². The summed E-state index contributed by atoms with van der Waals surface area (Å²) in [6, 6.07) is 7.41. The van der Waals surface area contributed by atoms with Crippen molar-refractivity contribution in [1.82, 2.24) is 0 Å². The molecule has 4 heteroatoms. The number of carboxylic acids is 1. The Balaban J connectivity index is 2.53. The predicted molar refractivity (Wildman–Crippen MR) is 58.3 cm³/mol. The minimum absolute atomic E-state index is 0.00135. The maximum absolute atomic E-state index is 10.4. The van der Waals surface area contributed by atoms with E-state index in [-0.39, 0.29) is 12.5 Å². The van der Waals surface area contributed by atoms with Crippen LogP contribution in [0.1, 0.15) is 17.5 Å². The summed E-state index contributed by atoms with van der Waals surface area (Å²) in [5.74, 6) is -0.860. The van der Waals surface area contributed by atoms with Gasteiger partial charge in [-0.1, -0.05) is 24.3 Å². The van der Waals surface area contributed by atoms with Crippen LogP contribution in [-0.4, -0.2) is 17.1 Å². The van der Waals surface area contributed by atoms with Crippen LogP contribution in [0, 0.1) is 0 Å². The molecule has 5 N–H and O–H groups in total. The van der Waals surface area contributed by atoms with Gasteiger partial charge in [0.05, 0.1) is 6.42 Å². The number of nitrogens with two attached hydrogens (primary N) is 2. The third-order valence-electron chi connectivity index (χ3n) is 2.19. The van der Waals surface area contributed by atoms with E-state index in [0.717, 1.165) is 11.1 Å². The third kappa shape index (κ3) is 4.10. The average molecular weight is 208 g/mol. The van der Waals surface area contributed by atoms with Gasteiger partial charge in [0.25, 0.3) is 0 Å². The Hall–Kier alpha value is -1.39. The molecule has 0 saturated heterocycles. The lowest BCUT2D eigenvalue weighted by atomic mass is 10.0. The van der Waals surface area contributed by atoms with E-state index in [1.54, 1.807) is 0 Å². The quantitative estimate of drug-likeness (QED) is 0.657. The van der Waals surface area contributed by atoms with Crippen molar-refractivity contribution < 1.29 is 9.90 Å². The van der Waals surface area contributed by atoms with Crippen molar-refractivity contribution in [1.29, 1.82) is 0 Å². The molecule has 0 aliphatic heterocycles. The van der Waals surface area contributed by atoms with Gasteiger partial charge in [0.2, 0.25) is 0 Å². The first-order valence-electron chi connectivity index (χ1n) is 4.87. The topological polar surface area (TPSA) is 89.3 Å². The molecular formula is C11H16N2O2. The van der Waals surface area contributed by atoms with Gasteiger partial charge in [-0.15, -0.1) is 0 Å². The Morgan fingerprint density at radius 3 is 2.27 bits per heavy atom. The van der Waals surface area contributed by atoms with Crippen LogP contribution in [0.15, 0.2) is 24.3 Å². The first-order chi connectivity index (χ1) is 7.11. The molecule has 0 saturated carbocycles. The van der Waals surface area contributed by atoms with Crippen molar-refractivity contribution in [3.05, 3.63) is 35.4 Å². The molecular weight excluding hydrogens is 192 g/mol. The molecule has 4 nitrogen and oxygen atoms in total. The van der Waals surface area contributed by atoms with Crippen LogP contribution in [0.25, 0.3) is 0 Å². The lowest BCUT2D eigenvalue weighted by molar-refractivity contribution is -0.137. The predicted octanol–water partition coefficient (Wildman–Crippen LogP) is 0.490. The molecule has 0 spiro atoms. The Kier molecular flexibility index (Phi) is 4.27. The summed E-state index contributed by atoms with van der Waals surface area (Å²) in [5, 5.41) is 8.55. The fourth-order valence-electron chi connectivity index (χ4n) is 1.41. The summed E-state index contributed by atoms with van der Waals surface area (Å²) in [7, 11) is 0. The van der Waals surface area contributed by atoms with E-state index in [0.29, 0.717) is 13.0 Å². The van der Waals surface area contributed by atoms with Gasteiger partial charge in [-0.25, -0.2) is 0 Å². The number of aliphatic carboxylic acids is 1. The van der Waals surface area contributed by atoms with E-state index >= 15 is 0 Å². The van der Waals surface area contributed by atoms with Crippen LogP contribution in [0.3, 0.4) is 0 Å². The second-order valence-corrected chi connectivity index (χ2v) is 3.58. The molecule has 15 heavy (non-hydrogen) atoms.